The van der Waals surface area contributed by atoms with Crippen LogP contribution in [0.4, 0.5) is 5.69 Å². The second-order valence-electron chi connectivity index (χ2n) is 6.61. The molecule has 3 aromatic rings. The van der Waals surface area contributed by atoms with Gasteiger partial charge in [0.15, 0.2) is 0 Å². The van der Waals surface area contributed by atoms with Crippen LogP contribution in [0.25, 0.3) is 10.2 Å². The van der Waals surface area contributed by atoms with Crippen LogP contribution < -0.4 is 5.32 Å². The fraction of sp³-hybridized carbons (Fsp3) is 0.300. The maximum absolute atomic E-state index is 12.5. The van der Waals surface area contributed by atoms with E-state index in [4.69, 9.17) is 11.6 Å². The molecule has 0 bridgehead atoms. The number of nitrogens with zero attached hydrogens (tertiary/aromatic N) is 3. The molecule has 0 unspecified atom stereocenters. The summed E-state index contributed by atoms with van der Waals surface area (Å²) in [5, 5.41) is 14.4. The summed E-state index contributed by atoms with van der Waals surface area (Å²) in [4.78, 5) is 24.1. The molecule has 1 aliphatic rings. The molecule has 1 aromatic carbocycles. The summed E-state index contributed by atoms with van der Waals surface area (Å²) in [6.45, 7) is 1.88. The molecular formula is C20H17ClN4OS2. The van der Waals surface area contributed by atoms with Crippen LogP contribution in [0.5, 0.6) is 0 Å². The lowest BCUT2D eigenvalue weighted by Crippen LogP contribution is -2.15. The van der Waals surface area contributed by atoms with Crippen molar-refractivity contribution in [2.24, 2.45) is 0 Å². The number of aromatic nitrogens is 2. The standard InChI is InChI=1S/C20H17ClN4OS2/c1-11-23-19(18-14-4-2-3-5-16(14)28-20(18)24-11)27-10-17(26)25-15-8-13(21)7-6-12(15)9-22/h6-8H,2-5,10H2,1H3,(H,25,26). The number of fused-ring (bicyclic) bond motifs is 3. The van der Waals surface area contributed by atoms with Crippen molar-refractivity contribution in [2.75, 3.05) is 11.1 Å². The molecular weight excluding hydrogens is 412 g/mol. The largest absolute Gasteiger partial charge is 0.324 e. The zero-order chi connectivity index (χ0) is 19.7. The first-order chi connectivity index (χ1) is 13.5. The van der Waals surface area contributed by atoms with Gasteiger partial charge in [0, 0.05) is 15.3 Å². The van der Waals surface area contributed by atoms with E-state index >= 15 is 0 Å². The highest BCUT2D eigenvalue weighted by Crippen LogP contribution is 2.39. The van der Waals surface area contributed by atoms with Crippen LogP contribution in [0.3, 0.4) is 0 Å². The Morgan fingerprint density at radius 3 is 3.00 bits per heavy atom. The maximum atomic E-state index is 12.5. The maximum Gasteiger partial charge on any atom is 0.234 e. The Bertz CT molecular complexity index is 1120. The van der Waals surface area contributed by atoms with Gasteiger partial charge in [0.2, 0.25) is 5.91 Å². The highest BCUT2D eigenvalue weighted by atomic mass is 35.5. The zero-order valence-corrected chi connectivity index (χ0v) is 17.6. The van der Waals surface area contributed by atoms with Crippen molar-refractivity contribution in [1.29, 1.82) is 5.26 Å². The number of hydrogen-bond acceptors (Lipinski definition) is 6. The van der Waals surface area contributed by atoms with Gasteiger partial charge in [-0.2, -0.15) is 5.26 Å². The Balaban J connectivity index is 1.56. The second kappa shape index (κ2) is 8.08. The summed E-state index contributed by atoms with van der Waals surface area (Å²) in [5.41, 5.74) is 2.17. The first kappa shape index (κ1) is 19.2. The third-order valence-electron chi connectivity index (χ3n) is 4.61. The minimum Gasteiger partial charge on any atom is -0.324 e. The van der Waals surface area contributed by atoms with E-state index in [1.165, 1.54) is 35.0 Å². The topological polar surface area (TPSA) is 78.7 Å². The Hall–Kier alpha value is -2.14. The molecule has 1 amide bonds. The molecule has 0 atom stereocenters. The molecule has 2 heterocycles. The summed E-state index contributed by atoms with van der Waals surface area (Å²) in [6, 6.07) is 6.88. The van der Waals surface area contributed by atoms with Crippen molar-refractivity contribution in [3.05, 3.63) is 45.1 Å². The third kappa shape index (κ3) is 3.86. The van der Waals surface area contributed by atoms with Crippen molar-refractivity contribution in [2.45, 2.75) is 37.6 Å². The van der Waals surface area contributed by atoms with Gasteiger partial charge in [-0.05, 0) is 56.4 Å². The minimum absolute atomic E-state index is 0.197. The number of anilines is 1. The van der Waals surface area contributed by atoms with Crippen molar-refractivity contribution in [3.63, 3.8) is 0 Å². The number of carbonyl (C=O) groups is 1. The van der Waals surface area contributed by atoms with E-state index in [-0.39, 0.29) is 11.7 Å². The van der Waals surface area contributed by atoms with E-state index in [0.29, 0.717) is 16.3 Å². The fourth-order valence-electron chi connectivity index (χ4n) is 3.37. The smallest absolute Gasteiger partial charge is 0.234 e. The number of thiophene rings is 1. The van der Waals surface area contributed by atoms with Crippen LogP contribution in [0.15, 0.2) is 23.2 Å². The number of nitrogens with one attached hydrogen (secondary N) is 1. The monoisotopic (exact) mass is 428 g/mol. The van der Waals surface area contributed by atoms with Gasteiger partial charge in [-0.3, -0.25) is 4.79 Å². The average Bonchev–Trinajstić information content (AvgIpc) is 3.04. The highest BCUT2D eigenvalue weighted by molar-refractivity contribution is 8.00. The lowest BCUT2D eigenvalue weighted by atomic mass is 9.97. The average molecular weight is 429 g/mol. The van der Waals surface area contributed by atoms with Crippen molar-refractivity contribution < 1.29 is 4.79 Å². The van der Waals surface area contributed by atoms with E-state index < -0.39 is 0 Å². The third-order valence-corrected chi connectivity index (χ3v) is 7.01. The molecule has 0 fully saturated rings. The molecule has 0 saturated heterocycles. The normalized spacial score (nSPS) is 13.2. The van der Waals surface area contributed by atoms with E-state index in [2.05, 4.69) is 21.4 Å². The van der Waals surface area contributed by atoms with E-state index in [1.54, 1.807) is 29.5 Å². The van der Waals surface area contributed by atoms with Gasteiger partial charge in [-0.1, -0.05) is 23.4 Å². The van der Waals surface area contributed by atoms with Crippen LogP contribution in [0, 0.1) is 18.3 Å². The van der Waals surface area contributed by atoms with Crippen molar-refractivity contribution in [1.82, 2.24) is 9.97 Å². The van der Waals surface area contributed by atoms with Crippen molar-refractivity contribution >= 4 is 56.5 Å². The molecule has 0 radical (unpaired) electrons. The number of aryl methyl sites for hydroxylation is 3. The van der Waals surface area contributed by atoms with Crippen LogP contribution in [-0.4, -0.2) is 21.6 Å². The zero-order valence-electron chi connectivity index (χ0n) is 15.2. The summed E-state index contributed by atoms with van der Waals surface area (Å²) < 4.78 is 0. The molecule has 4 rings (SSSR count). The van der Waals surface area contributed by atoms with Crippen LogP contribution in [-0.2, 0) is 17.6 Å². The van der Waals surface area contributed by atoms with Gasteiger partial charge in [0.1, 0.15) is 21.7 Å². The fourth-order valence-corrected chi connectivity index (χ4v) is 5.81. The first-order valence-corrected chi connectivity index (χ1v) is 11.1. The Morgan fingerprint density at radius 2 is 2.18 bits per heavy atom. The SMILES string of the molecule is Cc1nc(SCC(=O)Nc2cc(Cl)ccc2C#N)c2c3c(sc2n1)CCCC3. The quantitative estimate of drug-likeness (QED) is 0.460. The van der Waals surface area contributed by atoms with Gasteiger partial charge in [-0.15, -0.1) is 11.3 Å². The molecule has 0 saturated carbocycles. The molecule has 28 heavy (non-hydrogen) atoms. The van der Waals surface area contributed by atoms with Crippen molar-refractivity contribution in [3.8, 4) is 6.07 Å². The molecule has 142 valence electrons. The number of rotatable bonds is 4. The Labute approximate surface area is 176 Å². The summed E-state index contributed by atoms with van der Waals surface area (Å²) in [7, 11) is 0. The van der Waals surface area contributed by atoms with Gasteiger partial charge in [0.25, 0.3) is 0 Å². The summed E-state index contributed by atoms with van der Waals surface area (Å²) >= 11 is 9.16. The van der Waals surface area contributed by atoms with Crippen LogP contribution in [0.1, 0.15) is 34.7 Å². The Morgan fingerprint density at radius 1 is 1.36 bits per heavy atom. The highest BCUT2D eigenvalue weighted by Gasteiger charge is 2.21. The lowest BCUT2D eigenvalue weighted by Gasteiger charge is -2.12. The minimum atomic E-state index is -0.197. The number of benzene rings is 1. The van der Waals surface area contributed by atoms with Gasteiger partial charge in [0.05, 0.1) is 17.0 Å². The van der Waals surface area contributed by atoms with E-state index in [0.717, 1.165) is 33.9 Å². The van der Waals surface area contributed by atoms with Crippen LogP contribution in [0.2, 0.25) is 5.02 Å². The number of nitriles is 1. The molecule has 2 aromatic heterocycles. The molecule has 5 nitrogen and oxygen atoms in total. The van der Waals surface area contributed by atoms with Crippen LogP contribution >= 0.6 is 34.7 Å². The molecule has 8 heteroatoms. The van der Waals surface area contributed by atoms with Gasteiger partial charge < -0.3 is 5.32 Å². The molecule has 1 aliphatic carbocycles. The number of hydrogen-bond donors (Lipinski definition) is 1. The summed E-state index contributed by atoms with van der Waals surface area (Å²) in [6.07, 6.45) is 4.56. The number of carbonyl (C=O) groups excluding carboxylic acids is 1. The Kier molecular flexibility index (Phi) is 5.54. The molecule has 0 aliphatic heterocycles. The number of halogens is 1. The van der Waals surface area contributed by atoms with E-state index in [1.807, 2.05) is 6.92 Å². The van der Waals surface area contributed by atoms with E-state index in [9.17, 15) is 10.1 Å². The second-order valence-corrected chi connectivity index (χ2v) is 9.09. The lowest BCUT2D eigenvalue weighted by molar-refractivity contribution is -0.113. The number of thioether (sulfide) groups is 1. The molecule has 1 N–H and O–H groups in total. The predicted octanol–water partition coefficient (Wildman–Crippen LogP) is 5.13. The summed E-state index contributed by atoms with van der Waals surface area (Å²) in [5.74, 6) is 0.723. The predicted molar refractivity (Wildman–Crippen MR) is 114 cm³/mol. The number of amides is 1. The first-order valence-electron chi connectivity index (χ1n) is 8.96. The van der Waals surface area contributed by atoms with Gasteiger partial charge >= 0.3 is 0 Å². The van der Waals surface area contributed by atoms with Gasteiger partial charge in [-0.25, -0.2) is 9.97 Å². The molecule has 0 spiro atoms.